The number of pyridine rings is 1. The van der Waals surface area contributed by atoms with Crippen molar-refractivity contribution in [3.8, 4) is 11.5 Å². The normalized spacial score (nSPS) is 12.1. The average Bonchev–Trinajstić information content (AvgIpc) is 3.22. The van der Waals surface area contributed by atoms with Gasteiger partial charge < -0.3 is 19.1 Å². The van der Waals surface area contributed by atoms with Crippen molar-refractivity contribution in [3.05, 3.63) is 65.4 Å². The lowest BCUT2D eigenvalue weighted by atomic mass is 10.1. The van der Waals surface area contributed by atoms with E-state index in [4.69, 9.17) is 14.2 Å². The molecular formula is C23H22N2O5. The van der Waals surface area contributed by atoms with Gasteiger partial charge in [0, 0.05) is 24.2 Å². The summed E-state index contributed by atoms with van der Waals surface area (Å²) in [5.74, 6) is 0.562. The van der Waals surface area contributed by atoms with Crippen LogP contribution in [0.4, 0.5) is 0 Å². The highest BCUT2D eigenvalue weighted by Crippen LogP contribution is 2.32. The smallest absolute Gasteiger partial charge is 0.339 e. The van der Waals surface area contributed by atoms with Gasteiger partial charge in [-0.3, -0.25) is 9.78 Å². The fourth-order valence-electron chi connectivity index (χ4n) is 3.41. The van der Waals surface area contributed by atoms with E-state index in [1.54, 1.807) is 11.0 Å². The molecule has 30 heavy (non-hydrogen) atoms. The molecule has 1 aromatic heterocycles. The molecule has 0 atom stereocenters. The van der Waals surface area contributed by atoms with Gasteiger partial charge in [-0.25, -0.2) is 4.79 Å². The van der Waals surface area contributed by atoms with Crippen molar-refractivity contribution in [1.82, 2.24) is 9.88 Å². The number of nitrogens with zero attached hydrogens (tertiary/aromatic N) is 2. The summed E-state index contributed by atoms with van der Waals surface area (Å²) in [7, 11) is 0. The van der Waals surface area contributed by atoms with Crippen LogP contribution in [-0.4, -0.2) is 41.7 Å². The molecule has 0 unspecified atom stereocenters. The number of benzene rings is 2. The maximum atomic E-state index is 12.7. The van der Waals surface area contributed by atoms with E-state index in [9.17, 15) is 9.59 Å². The maximum absolute atomic E-state index is 12.7. The van der Waals surface area contributed by atoms with E-state index in [2.05, 4.69) is 4.98 Å². The van der Waals surface area contributed by atoms with Crippen LogP contribution in [0.15, 0.2) is 48.5 Å². The molecule has 2 aromatic carbocycles. The van der Waals surface area contributed by atoms with Crippen LogP contribution in [0.1, 0.15) is 28.5 Å². The van der Waals surface area contributed by atoms with Crippen molar-refractivity contribution in [2.75, 3.05) is 19.9 Å². The Balaban J connectivity index is 1.42. The Labute approximate surface area is 174 Å². The van der Waals surface area contributed by atoms with Gasteiger partial charge >= 0.3 is 5.97 Å². The number of carbonyl (C=O) groups is 2. The maximum Gasteiger partial charge on any atom is 0.339 e. The average molecular weight is 406 g/mol. The molecule has 0 N–H and O–H groups in total. The Hall–Kier alpha value is -3.61. The van der Waals surface area contributed by atoms with Gasteiger partial charge in [0.2, 0.25) is 6.79 Å². The Morgan fingerprint density at radius 2 is 1.90 bits per heavy atom. The topological polar surface area (TPSA) is 78.0 Å². The first-order valence-corrected chi connectivity index (χ1v) is 9.75. The number of aromatic nitrogens is 1. The second kappa shape index (κ2) is 8.41. The molecule has 1 aliphatic heterocycles. The van der Waals surface area contributed by atoms with Crippen molar-refractivity contribution < 1.29 is 23.8 Å². The van der Waals surface area contributed by atoms with Gasteiger partial charge in [0.1, 0.15) is 0 Å². The monoisotopic (exact) mass is 406 g/mol. The summed E-state index contributed by atoms with van der Waals surface area (Å²) < 4.78 is 16.0. The summed E-state index contributed by atoms with van der Waals surface area (Å²) in [6.45, 7) is 4.45. The highest BCUT2D eigenvalue weighted by Gasteiger charge is 2.19. The number of hydrogen-bond donors (Lipinski definition) is 0. The quantitative estimate of drug-likeness (QED) is 0.584. The van der Waals surface area contributed by atoms with Gasteiger partial charge in [0.15, 0.2) is 18.1 Å². The van der Waals surface area contributed by atoms with Gasteiger partial charge in [-0.2, -0.15) is 0 Å². The van der Waals surface area contributed by atoms with Gasteiger partial charge in [-0.1, -0.05) is 24.3 Å². The minimum atomic E-state index is -0.538. The molecule has 2 heterocycles. The third kappa shape index (κ3) is 4.05. The zero-order chi connectivity index (χ0) is 21.1. The number of esters is 1. The van der Waals surface area contributed by atoms with Crippen LogP contribution in [-0.2, 0) is 16.1 Å². The van der Waals surface area contributed by atoms with Gasteiger partial charge in [0.25, 0.3) is 5.91 Å². The molecule has 3 aromatic rings. The van der Waals surface area contributed by atoms with Crippen molar-refractivity contribution >= 4 is 22.8 Å². The summed E-state index contributed by atoms with van der Waals surface area (Å²) in [6.07, 6.45) is 0. The van der Waals surface area contributed by atoms with Crippen LogP contribution in [0.3, 0.4) is 0 Å². The van der Waals surface area contributed by atoms with E-state index in [0.717, 1.165) is 5.56 Å². The molecule has 4 rings (SSSR count). The molecule has 7 heteroatoms. The molecule has 0 spiro atoms. The van der Waals surface area contributed by atoms with E-state index in [1.165, 1.54) is 0 Å². The number of amides is 1. The molecule has 0 bridgehead atoms. The summed E-state index contributed by atoms with van der Waals surface area (Å²) in [4.78, 5) is 31.4. The first kappa shape index (κ1) is 19.7. The van der Waals surface area contributed by atoms with Gasteiger partial charge in [-0.15, -0.1) is 0 Å². The van der Waals surface area contributed by atoms with E-state index in [0.29, 0.717) is 46.7 Å². The lowest BCUT2D eigenvalue weighted by molar-refractivity contribution is -0.134. The van der Waals surface area contributed by atoms with Gasteiger partial charge in [0.05, 0.1) is 11.1 Å². The fourth-order valence-corrected chi connectivity index (χ4v) is 3.41. The molecule has 0 saturated carbocycles. The number of rotatable bonds is 6. The second-order valence-electron chi connectivity index (χ2n) is 7.00. The van der Waals surface area contributed by atoms with Crippen LogP contribution in [0.25, 0.3) is 10.9 Å². The van der Waals surface area contributed by atoms with E-state index in [-0.39, 0.29) is 19.3 Å². The van der Waals surface area contributed by atoms with Gasteiger partial charge in [-0.05, 0) is 43.7 Å². The van der Waals surface area contributed by atoms with Crippen LogP contribution in [0.5, 0.6) is 11.5 Å². The number of fused-ring (bicyclic) bond motifs is 2. The van der Waals surface area contributed by atoms with Crippen LogP contribution in [0.2, 0.25) is 0 Å². The van der Waals surface area contributed by atoms with Crippen LogP contribution >= 0.6 is 0 Å². The lowest BCUT2D eigenvalue weighted by Gasteiger charge is -2.21. The summed E-state index contributed by atoms with van der Waals surface area (Å²) in [6, 6.07) is 14.6. The number of para-hydroxylation sites is 1. The number of carbonyl (C=O) groups excluding carboxylic acids is 2. The second-order valence-corrected chi connectivity index (χ2v) is 7.00. The van der Waals surface area contributed by atoms with Crippen molar-refractivity contribution in [2.24, 2.45) is 0 Å². The zero-order valence-corrected chi connectivity index (χ0v) is 16.9. The van der Waals surface area contributed by atoms with E-state index < -0.39 is 5.97 Å². The highest BCUT2D eigenvalue weighted by molar-refractivity contribution is 6.04. The number of aryl methyl sites for hydroxylation is 1. The molecule has 1 amide bonds. The first-order chi connectivity index (χ1) is 14.5. The number of hydrogen-bond acceptors (Lipinski definition) is 6. The molecule has 154 valence electrons. The largest absolute Gasteiger partial charge is 0.454 e. The SMILES string of the molecule is CCN(Cc1ccc2c(c1)OCO2)C(=O)COC(=O)c1cc(C)nc2ccccc12. The summed E-state index contributed by atoms with van der Waals surface area (Å²) in [5.41, 5.74) is 2.75. The van der Waals surface area contributed by atoms with Crippen LogP contribution in [0, 0.1) is 6.92 Å². The number of ether oxygens (including phenoxy) is 3. The minimum absolute atomic E-state index is 0.203. The van der Waals surface area contributed by atoms with Crippen molar-refractivity contribution in [1.29, 1.82) is 0 Å². The van der Waals surface area contributed by atoms with Crippen LogP contribution < -0.4 is 9.47 Å². The Morgan fingerprint density at radius 1 is 1.10 bits per heavy atom. The lowest BCUT2D eigenvalue weighted by Crippen LogP contribution is -2.34. The minimum Gasteiger partial charge on any atom is -0.454 e. The third-order valence-electron chi connectivity index (χ3n) is 4.94. The summed E-state index contributed by atoms with van der Waals surface area (Å²) >= 11 is 0. The first-order valence-electron chi connectivity index (χ1n) is 9.75. The van der Waals surface area contributed by atoms with E-state index >= 15 is 0 Å². The molecule has 0 fully saturated rings. The molecular weight excluding hydrogens is 384 g/mol. The van der Waals surface area contributed by atoms with E-state index in [1.807, 2.05) is 56.3 Å². The molecule has 1 aliphatic rings. The van der Waals surface area contributed by atoms with Crippen molar-refractivity contribution in [3.63, 3.8) is 0 Å². The standard InChI is InChI=1S/C23H22N2O5/c1-3-25(12-16-8-9-20-21(11-16)30-14-29-20)22(26)13-28-23(27)18-10-15(2)24-19-7-5-4-6-17(18)19/h4-11H,3,12-14H2,1-2H3. The summed E-state index contributed by atoms with van der Waals surface area (Å²) in [5, 5.41) is 0.702. The highest BCUT2D eigenvalue weighted by atomic mass is 16.7. The third-order valence-corrected chi connectivity index (χ3v) is 4.94. The Kier molecular flexibility index (Phi) is 5.52. The Bertz CT molecular complexity index is 1110. The fraction of sp³-hybridized carbons (Fsp3) is 0.261. The molecule has 0 radical (unpaired) electrons. The molecule has 0 aliphatic carbocycles. The molecule has 0 saturated heterocycles. The predicted molar refractivity (Wildman–Crippen MR) is 110 cm³/mol. The predicted octanol–water partition coefficient (Wildman–Crippen LogP) is 3.48. The Morgan fingerprint density at radius 3 is 2.73 bits per heavy atom. The molecule has 7 nitrogen and oxygen atoms in total. The number of likely N-dealkylation sites (N-methyl/N-ethyl adjacent to an activating group) is 1. The zero-order valence-electron chi connectivity index (χ0n) is 16.9. The van der Waals surface area contributed by atoms with Crippen molar-refractivity contribution in [2.45, 2.75) is 20.4 Å².